The third-order valence-electron chi connectivity index (χ3n) is 1.83. The van der Waals surface area contributed by atoms with Crippen LogP contribution in [0.5, 0.6) is 0 Å². The Bertz CT molecular complexity index is 311. The molecule has 0 bridgehead atoms. The fraction of sp³-hybridized carbons (Fsp3) is 0.600. The summed E-state index contributed by atoms with van der Waals surface area (Å²) >= 11 is 0. The lowest BCUT2D eigenvalue weighted by molar-refractivity contribution is 0.823. The number of nitrogen functional groups attached to an aromatic ring is 1. The molecule has 0 aliphatic carbocycles. The maximum Gasteiger partial charge on any atom is 0.145 e. The van der Waals surface area contributed by atoms with Crippen molar-refractivity contribution in [1.29, 1.82) is 0 Å². The average molecular weight is 209 g/mol. The van der Waals surface area contributed by atoms with Crippen molar-refractivity contribution >= 4 is 11.6 Å². The lowest BCUT2D eigenvalue weighted by atomic mass is 10.3. The number of nitrogens with zero attached hydrogens (tertiary/aromatic N) is 2. The first-order chi connectivity index (χ1) is 7.15. The highest BCUT2D eigenvalue weighted by atomic mass is 15.3. The van der Waals surface area contributed by atoms with Crippen molar-refractivity contribution in [2.45, 2.75) is 39.7 Å². The van der Waals surface area contributed by atoms with Crippen molar-refractivity contribution in [1.82, 2.24) is 9.97 Å². The van der Waals surface area contributed by atoms with Gasteiger partial charge in [-0.15, -0.1) is 0 Å². The molecule has 0 saturated heterocycles. The molecular formula is C10H19N5. The summed E-state index contributed by atoms with van der Waals surface area (Å²) in [4.78, 5) is 8.66. The number of nitrogens with two attached hydrogens (primary N) is 1. The van der Waals surface area contributed by atoms with E-state index in [1.807, 2.05) is 0 Å². The molecule has 1 aromatic rings. The van der Waals surface area contributed by atoms with Crippen LogP contribution in [-0.2, 0) is 6.42 Å². The minimum absolute atomic E-state index is 0.347. The Balaban J connectivity index is 2.89. The topological polar surface area (TPSA) is 75.9 Å². The molecule has 0 atom stereocenters. The SMILES string of the molecule is CCCc1nc(NN)cc(NC(C)C)n1. The molecule has 0 aliphatic rings. The average Bonchev–Trinajstić information content (AvgIpc) is 2.16. The van der Waals surface area contributed by atoms with Crippen molar-refractivity contribution in [3.63, 3.8) is 0 Å². The second kappa shape index (κ2) is 5.50. The molecule has 84 valence electrons. The van der Waals surface area contributed by atoms with Gasteiger partial charge >= 0.3 is 0 Å². The van der Waals surface area contributed by atoms with E-state index in [9.17, 15) is 0 Å². The fourth-order valence-corrected chi connectivity index (χ4v) is 1.28. The van der Waals surface area contributed by atoms with E-state index < -0.39 is 0 Å². The zero-order chi connectivity index (χ0) is 11.3. The van der Waals surface area contributed by atoms with Gasteiger partial charge in [0.2, 0.25) is 0 Å². The molecule has 0 fully saturated rings. The van der Waals surface area contributed by atoms with Gasteiger partial charge < -0.3 is 10.7 Å². The van der Waals surface area contributed by atoms with Gasteiger partial charge in [0.15, 0.2) is 0 Å². The third kappa shape index (κ3) is 3.71. The van der Waals surface area contributed by atoms with Crippen molar-refractivity contribution in [2.24, 2.45) is 5.84 Å². The molecular weight excluding hydrogens is 190 g/mol. The Morgan fingerprint density at radius 2 is 2.00 bits per heavy atom. The predicted molar refractivity (Wildman–Crippen MR) is 62.6 cm³/mol. The summed E-state index contributed by atoms with van der Waals surface area (Å²) in [6, 6.07) is 2.15. The van der Waals surface area contributed by atoms with Gasteiger partial charge in [0.1, 0.15) is 17.5 Å². The zero-order valence-electron chi connectivity index (χ0n) is 9.54. The minimum Gasteiger partial charge on any atom is -0.368 e. The molecule has 1 aromatic heterocycles. The monoisotopic (exact) mass is 209 g/mol. The van der Waals surface area contributed by atoms with Gasteiger partial charge in [0, 0.05) is 18.5 Å². The quantitative estimate of drug-likeness (QED) is 0.506. The predicted octanol–water partition coefficient (Wildman–Crippen LogP) is 1.53. The lowest BCUT2D eigenvalue weighted by Gasteiger charge is -2.11. The van der Waals surface area contributed by atoms with Crippen LogP contribution >= 0.6 is 0 Å². The van der Waals surface area contributed by atoms with Gasteiger partial charge in [-0.25, -0.2) is 15.8 Å². The van der Waals surface area contributed by atoms with Crippen LogP contribution in [0.1, 0.15) is 33.0 Å². The highest BCUT2D eigenvalue weighted by Gasteiger charge is 2.04. The van der Waals surface area contributed by atoms with E-state index in [0.29, 0.717) is 11.9 Å². The van der Waals surface area contributed by atoms with Gasteiger partial charge in [-0.2, -0.15) is 0 Å². The first kappa shape index (κ1) is 11.7. The Kier molecular flexibility index (Phi) is 4.30. The van der Waals surface area contributed by atoms with E-state index in [1.165, 1.54) is 0 Å². The summed E-state index contributed by atoms with van der Waals surface area (Å²) in [5, 5.41) is 3.23. The number of hydrogen-bond acceptors (Lipinski definition) is 5. The third-order valence-corrected chi connectivity index (χ3v) is 1.83. The molecule has 0 saturated carbocycles. The molecule has 15 heavy (non-hydrogen) atoms. The molecule has 0 amide bonds. The summed E-state index contributed by atoms with van der Waals surface area (Å²) in [5.74, 6) is 7.63. The number of hydrazine groups is 1. The maximum absolute atomic E-state index is 5.35. The number of aromatic nitrogens is 2. The van der Waals surface area contributed by atoms with E-state index in [1.54, 1.807) is 6.07 Å². The number of rotatable bonds is 5. The molecule has 4 N–H and O–H groups in total. The van der Waals surface area contributed by atoms with E-state index in [-0.39, 0.29) is 0 Å². The van der Waals surface area contributed by atoms with E-state index >= 15 is 0 Å². The fourth-order valence-electron chi connectivity index (χ4n) is 1.28. The Hall–Kier alpha value is -1.36. The van der Waals surface area contributed by atoms with Crippen LogP contribution in [0.25, 0.3) is 0 Å². The number of aryl methyl sites for hydroxylation is 1. The largest absolute Gasteiger partial charge is 0.368 e. The van der Waals surface area contributed by atoms with Crippen LogP contribution in [-0.4, -0.2) is 16.0 Å². The van der Waals surface area contributed by atoms with Gasteiger partial charge in [-0.05, 0) is 20.3 Å². The second-order valence-corrected chi connectivity index (χ2v) is 3.75. The summed E-state index contributed by atoms with van der Waals surface area (Å²) in [7, 11) is 0. The molecule has 0 radical (unpaired) electrons. The summed E-state index contributed by atoms with van der Waals surface area (Å²) < 4.78 is 0. The van der Waals surface area contributed by atoms with Crippen LogP contribution in [0.3, 0.4) is 0 Å². The van der Waals surface area contributed by atoms with Crippen LogP contribution < -0.4 is 16.6 Å². The van der Waals surface area contributed by atoms with Gasteiger partial charge in [-0.3, -0.25) is 0 Å². The first-order valence-electron chi connectivity index (χ1n) is 5.26. The standard InChI is InChI=1S/C10H19N5/c1-4-5-8-13-9(12-7(2)3)6-10(14-8)15-11/h6-7H,4-5,11H2,1-3H3,(H2,12,13,14,15). The van der Waals surface area contributed by atoms with E-state index in [0.717, 1.165) is 24.5 Å². The summed E-state index contributed by atoms with van der Waals surface area (Å²) in [6.07, 6.45) is 1.89. The lowest BCUT2D eigenvalue weighted by Crippen LogP contribution is -2.15. The number of nitrogens with one attached hydrogen (secondary N) is 2. The summed E-state index contributed by atoms with van der Waals surface area (Å²) in [5.41, 5.74) is 2.55. The molecule has 5 nitrogen and oxygen atoms in total. The van der Waals surface area contributed by atoms with Crippen LogP contribution in [0.4, 0.5) is 11.6 Å². The zero-order valence-corrected chi connectivity index (χ0v) is 9.54. The van der Waals surface area contributed by atoms with Gasteiger partial charge in [0.05, 0.1) is 0 Å². The van der Waals surface area contributed by atoms with Gasteiger partial charge in [0.25, 0.3) is 0 Å². The Labute approximate surface area is 90.5 Å². The maximum atomic E-state index is 5.35. The molecule has 0 aromatic carbocycles. The normalized spacial score (nSPS) is 10.5. The number of anilines is 2. The van der Waals surface area contributed by atoms with Crippen molar-refractivity contribution < 1.29 is 0 Å². The Morgan fingerprint density at radius 3 is 2.53 bits per heavy atom. The Morgan fingerprint density at radius 1 is 1.33 bits per heavy atom. The smallest absolute Gasteiger partial charge is 0.145 e. The highest BCUT2D eigenvalue weighted by Crippen LogP contribution is 2.12. The van der Waals surface area contributed by atoms with Crippen LogP contribution in [0, 0.1) is 0 Å². The molecule has 1 heterocycles. The highest BCUT2D eigenvalue weighted by molar-refractivity contribution is 5.47. The van der Waals surface area contributed by atoms with Crippen molar-refractivity contribution in [2.75, 3.05) is 10.7 Å². The molecule has 0 unspecified atom stereocenters. The van der Waals surface area contributed by atoms with Gasteiger partial charge in [-0.1, -0.05) is 6.92 Å². The molecule has 1 rings (SSSR count). The van der Waals surface area contributed by atoms with E-state index in [4.69, 9.17) is 5.84 Å². The number of hydrogen-bond donors (Lipinski definition) is 3. The molecule has 0 aliphatic heterocycles. The first-order valence-corrected chi connectivity index (χ1v) is 5.26. The summed E-state index contributed by atoms with van der Waals surface area (Å²) in [6.45, 7) is 6.23. The molecule has 0 spiro atoms. The molecule has 5 heteroatoms. The van der Waals surface area contributed by atoms with Crippen LogP contribution in [0.15, 0.2) is 6.07 Å². The second-order valence-electron chi connectivity index (χ2n) is 3.75. The van der Waals surface area contributed by atoms with Crippen molar-refractivity contribution in [3.8, 4) is 0 Å². The van der Waals surface area contributed by atoms with Crippen molar-refractivity contribution in [3.05, 3.63) is 11.9 Å². The van der Waals surface area contributed by atoms with E-state index in [2.05, 4.69) is 41.5 Å². The van der Waals surface area contributed by atoms with Crippen LogP contribution in [0.2, 0.25) is 0 Å². The minimum atomic E-state index is 0.347.